The maximum Gasteiger partial charge on any atom is 0.220 e. The van der Waals surface area contributed by atoms with Gasteiger partial charge in [-0.25, -0.2) is 9.37 Å². The third-order valence-corrected chi connectivity index (χ3v) is 9.11. The molecule has 3 aliphatic rings. The lowest BCUT2D eigenvalue weighted by molar-refractivity contribution is -0.123. The summed E-state index contributed by atoms with van der Waals surface area (Å²) in [5.74, 6) is 1.67. The van der Waals surface area contributed by atoms with Gasteiger partial charge >= 0.3 is 0 Å². The first-order valence-electron chi connectivity index (χ1n) is 12.4. The molecule has 0 spiro atoms. The number of nitrogens with one attached hydrogen (secondary N) is 1. The molecule has 4 nitrogen and oxygen atoms in total. The number of carbonyl (C=O) groups excluding carboxylic acids is 1. The van der Waals surface area contributed by atoms with Crippen LogP contribution in [-0.4, -0.2) is 29.5 Å². The van der Waals surface area contributed by atoms with E-state index in [1.807, 2.05) is 6.07 Å². The van der Waals surface area contributed by atoms with E-state index in [1.165, 1.54) is 36.7 Å². The molecule has 1 saturated heterocycles. The van der Waals surface area contributed by atoms with Crippen LogP contribution in [0.5, 0.6) is 0 Å². The molecule has 0 bridgehead atoms. The molecular formula is C26H36FN3OS. The fourth-order valence-electron chi connectivity index (χ4n) is 7.11. The smallest absolute Gasteiger partial charge is 0.220 e. The molecular weight excluding hydrogens is 421 g/mol. The molecule has 2 aliphatic carbocycles. The van der Waals surface area contributed by atoms with E-state index in [-0.39, 0.29) is 17.8 Å². The van der Waals surface area contributed by atoms with Gasteiger partial charge in [0.25, 0.3) is 0 Å². The Morgan fingerprint density at radius 2 is 2.09 bits per heavy atom. The van der Waals surface area contributed by atoms with Crippen LogP contribution in [0.1, 0.15) is 72.1 Å². The van der Waals surface area contributed by atoms with E-state index in [0.717, 1.165) is 42.9 Å². The lowest BCUT2D eigenvalue weighted by Crippen LogP contribution is -2.43. The maximum absolute atomic E-state index is 14.3. The highest BCUT2D eigenvalue weighted by molar-refractivity contribution is 7.22. The van der Waals surface area contributed by atoms with E-state index in [4.69, 9.17) is 4.98 Å². The van der Waals surface area contributed by atoms with E-state index in [9.17, 15) is 9.18 Å². The van der Waals surface area contributed by atoms with Crippen LogP contribution in [-0.2, 0) is 4.79 Å². The van der Waals surface area contributed by atoms with Crippen molar-refractivity contribution in [3.8, 4) is 0 Å². The van der Waals surface area contributed by atoms with Gasteiger partial charge in [0.2, 0.25) is 5.91 Å². The predicted molar refractivity (Wildman–Crippen MR) is 130 cm³/mol. The first-order valence-corrected chi connectivity index (χ1v) is 13.2. The Morgan fingerprint density at radius 3 is 2.88 bits per heavy atom. The molecule has 1 aromatic heterocycles. The molecule has 2 heterocycles. The number of fused-ring (bicyclic) bond motifs is 2. The molecule has 32 heavy (non-hydrogen) atoms. The minimum absolute atomic E-state index is 0.165. The molecule has 6 heteroatoms. The van der Waals surface area contributed by atoms with Gasteiger partial charge in [-0.05, 0) is 61.5 Å². The highest BCUT2D eigenvalue weighted by Gasteiger charge is 2.44. The third kappa shape index (κ3) is 4.40. The molecule has 5 unspecified atom stereocenters. The Kier molecular flexibility index (Phi) is 5.93. The van der Waals surface area contributed by atoms with Crippen molar-refractivity contribution in [1.82, 2.24) is 10.3 Å². The minimum atomic E-state index is -0.194. The summed E-state index contributed by atoms with van der Waals surface area (Å²) in [6, 6.07) is 5.68. The molecule has 1 amide bonds. The zero-order valence-corrected chi connectivity index (χ0v) is 20.4. The second-order valence-corrected chi connectivity index (χ2v) is 12.4. The Bertz CT molecular complexity index is 989. The zero-order chi connectivity index (χ0) is 22.5. The van der Waals surface area contributed by atoms with Gasteiger partial charge in [-0.3, -0.25) is 4.79 Å². The van der Waals surface area contributed by atoms with Crippen molar-refractivity contribution in [2.24, 2.45) is 23.2 Å². The molecule has 5 rings (SSSR count). The van der Waals surface area contributed by atoms with Gasteiger partial charge in [0.15, 0.2) is 5.13 Å². The summed E-state index contributed by atoms with van der Waals surface area (Å²) in [5, 5.41) is 4.34. The summed E-state index contributed by atoms with van der Waals surface area (Å²) in [6.07, 6.45) is 8.94. The van der Waals surface area contributed by atoms with Crippen LogP contribution in [0.25, 0.3) is 10.2 Å². The number of carbonyl (C=O) groups is 1. The minimum Gasteiger partial charge on any atom is -0.351 e. The highest BCUT2D eigenvalue weighted by Crippen LogP contribution is 2.44. The van der Waals surface area contributed by atoms with Crippen molar-refractivity contribution in [3.63, 3.8) is 0 Å². The summed E-state index contributed by atoms with van der Waals surface area (Å²) >= 11 is 1.45. The van der Waals surface area contributed by atoms with Gasteiger partial charge in [-0.2, -0.15) is 0 Å². The normalized spacial score (nSPS) is 32.1. The zero-order valence-electron chi connectivity index (χ0n) is 19.6. The van der Waals surface area contributed by atoms with E-state index < -0.39 is 0 Å². The molecule has 5 atom stereocenters. The Hall–Kier alpha value is -1.69. The topological polar surface area (TPSA) is 45.2 Å². The molecule has 174 valence electrons. The summed E-state index contributed by atoms with van der Waals surface area (Å²) in [7, 11) is 0. The van der Waals surface area contributed by atoms with Gasteiger partial charge in [-0.15, -0.1) is 0 Å². The van der Waals surface area contributed by atoms with Gasteiger partial charge in [0.1, 0.15) is 5.82 Å². The van der Waals surface area contributed by atoms with Crippen molar-refractivity contribution >= 4 is 32.6 Å². The van der Waals surface area contributed by atoms with Gasteiger partial charge < -0.3 is 10.2 Å². The third-order valence-electron chi connectivity index (χ3n) is 7.99. The monoisotopic (exact) mass is 457 g/mol. The molecule has 2 aromatic rings. The number of amides is 1. The SMILES string of the molecule is CC1CC(CC(=O)NC2CN(c3nc4cccc(F)c4s3)C3CCCCC23)CC(C)(C)C1. The van der Waals surface area contributed by atoms with Crippen molar-refractivity contribution in [2.75, 3.05) is 11.4 Å². The maximum atomic E-state index is 14.3. The number of hydrogen-bond acceptors (Lipinski definition) is 4. The molecule has 0 radical (unpaired) electrons. The van der Waals surface area contributed by atoms with Crippen LogP contribution in [0, 0.1) is 29.0 Å². The Balaban J connectivity index is 1.30. The number of halogens is 1. The Labute approximate surface area is 195 Å². The lowest BCUT2D eigenvalue weighted by Gasteiger charge is -2.39. The number of benzene rings is 1. The van der Waals surface area contributed by atoms with Gasteiger partial charge in [-0.1, -0.05) is 51.0 Å². The number of nitrogens with zero attached hydrogens (tertiary/aromatic N) is 2. The predicted octanol–water partition coefficient (Wildman–Crippen LogP) is 6.15. The van der Waals surface area contributed by atoms with Crippen molar-refractivity contribution < 1.29 is 9.18 Å². The second kappa shape index (κ2) is 8.58. The second-order valence-electron chi connectivity index (χ2n) is 11.4. The fourth-order valence-corrected chi connectivity index (χ4v) is 8.14. The molecule has 1 aromatic carbocycles. The number of thiazole rings is 1. The van der Waals surface area contributed by atoms with Crippen LogP contribution >= 0.6 is 11.3 Å². The average Bonchev–Trinajstić information content (AvgIpc) is 3.29. The molecule has 3 fully saturated rings. The fraction of sp³-hybridized carbons (Fsp3) is 0.692. The first-order chi connectivity index (χ1) is 15.3. The number of hydrogen-bond donors (Lipinski definition) is 1. The van der Waals surface area contributed by atoms with Crippen LogP contribution in [0.4, 0.5) is 9.52 Å². The molecule has 1 aliphatic heterocycles. The average molecular weight is 458 g/mol. The quantitative estimate of drug-likeness (QED) is 0.599. The van der Waals surface area contributed by atoms with Crippen LogP contribution in [0.3, 0.4) is 0 Å². The number of rotatable bonds is 4. The summed E-state index contributed by atoms with van der Waals surface area (Å²) in [6.45, 7) is 7.80. The summed E-state index contributed by atoms with van der Waals surface area (Å²) < 4.78 is 14.9. The van der Waals surface area contributed by atoms with Crippen LogP contribution in [0.2, 0.25) is 0 Å². The van der Waals surface area contributed by atoms with E-state index >= 15 is 0 Å². The lowest BCUT2D eigenvalue weighted by atomic mass is 9.67. The molecule has 2 saturated carbocycles. The van der Waals surface area contributed by atoms with E-state index in [1.54, 1.807) is 6.07 Å². The number of aromatic nitrogens is 1. The van der Waals surface area contributed by atoms with Crippen LogP contribution in [0.15, 0.2) is 18.2 Å². The Morgan fingerprint density at radius 1 is 1.28 bits per heavy atom. The first kappa shape index (κ1) is 22.1. The molecule has 1 N–H and O–H groups in total. The number of anilines is 1. The van der Waals surface area contributed by atoms with Crippen molar-refractivity contribution in [2.45, 2.75) is 84.2 Å². The highest BCUT2D eigenvalue weighted by atomic mass is 32.1. The standard InChI is InChI=1S/C26H36FN3OS/c1-16-11-17(14-26(2,3)13-16)12-23(31)28-21-15-30(22-10-5-4-7-18(21)22)25-29-20-9-6-8-19(27)24(20)32-25/h6,8-9,16-18,21-22H,4-5,7,10-15H2,1-3H3,(H,28,31). The van der Waals surface area contributed by atoms with E-state index in [2.05, 4.69) is 31.0 Å². The van der Waals surface area contributed by atoms with E-state index in [0.29, 0.717) is 40.3 Å². The van der Waals surface area contributed by atoms with Crippen LogP contribution < -0.4 is 10.2 Å². The van der Waals surface area contributed by atoms with Gasteiger partial charge in [0, 0.05) is 24.9 Å². The summed E-state index contributed by atoms with van der Waals surface area (Å²) in [4.78, 5) is 20.2. The largest absolute Gasteiger partial charge is 0.351 e. The van der Waals surface area contributed by atoms with Gasteiger partial charge in [0.05, 0.1) is 16.3 Å². The van der Waals surface area contributed by atoms with Crippen molar-refractivity contribution in [3.05, 3.63) is 24.0 Å². The summed E-state index contributed by atoms with van der Waals surface area (Å²) in [5.41, 5.74) is 1.07. The van der Waals surface area contributed by atoms with Crippen molar-refractivity contribution in [1.29, 1.82) is 0 Å².